The molecule has 0 atom stereocenters. The molecule has 0 saturated heterocycles. The molecule has 6 nitrogen and oxygen atoms in total. The fourth-order valence-electron chi connectivity index (χ4n) is 3.29. The lowest BCUT2D eigenvalue weighted by Crippen LogP contribution is -2.17. The van der Waals surface area contributed by atoms with Gasteiger partial charge in [0.05, 0.1) is 21.8 Å². The predicted molar refractivity (Wildman–Crippen MR) is 120 cm³/mol. The Hall–Kier alpha value is -3.19. The molecule has 0 aliphatic rings. The Bertz CT molecular complexity index is 1320. The van der Waals surface area contributed by atoms with Crippen LogP contribution in [0.4, 0.5) is 5.82 Å². The number of hydrogen-bond acceptors (Lipinski definition) is 4. The molecule has 0 saturated carbocycles. The second-order valence-electron chi connectivity index (χ2n) is 8.34. The largest absolute Gasteiger partial charge is 0.263 e. The van der Waals surface area contributed by atoms with Crippen LogP contribution in [0.2, 0.25) is 0 Å². The van der Waals surface area contributed by atoms with Gasteiger partial charge in [0.1, 0.15) is 5.82 Å². The molecule has 7 heteroatoms. The minimum absolute atomic E-state index is 0.0452. The Kier molecular flexibility index (Phi) is 4.86. The molecule has 0 unspecified atom stereocenters. The lowest BCUT2D eigenvalue weighted by Gasteiger charge is -2.19. The minimum atomic E-state index is -3.76. The molecule has 0 amide bonds. The minimum Gasteiger partial charge on any atom is -0.263 e. The lowest BCUT2D eigenvalue weighted by molar-refractivity contribution is 0.587. The molecule has 154 valence electrons. The first-order valence-corrected chi connectivity index (χ1v) is 11.2. The molecule has 0 aliphatic carbocycles. The van der Waals surface area contributed by atoms with E-state index in [1.165, 1.54) is 0 Å². The number of aromatic nitrogens is 3. The number of benzene rings is 2. The van der Waals surface area contributed by atoms with Gasteiger partial charge in [-0.15, -0.1) is 0 Å². The van der Waals surface area contributed by atoms with Crippen LogP contribution in [0.15, 0.2) is 71.8 Å². The molecule has 0 spiro atoms. The Labute approximate surface area is 176 Å². The van der Waals surface area contributed by atoms with E-state index in [2.05, 4.69) is 35.6 Å². The van der Waals surface area contributed by atoms with Gasteiger partial charge in [0.25, 0.3) is 10.0 Å². The van der Waals surface area contributed by atoms with Crippen LogP contribution in [0.25, 0.3) is 16.6 Å². The van der Waals surface area contributed by atoms with E-state index in [4.69, 9.17) is 0 Å². The molecular weight excluding hydrogens is 396 g/mol. The second kappa shape index (κ2) is 7.25. The summed E-state index contributed by atoms with van der Waals surface area (Å²) in [6.45, 7) is 8.11. The molecule has 30 heavy (non-hydrogen) atoms. The zero-order valence-electron chi connectivity index (χ0n) is 17.4. The van der Waals surface area contributed by atoms with E-state index in [0.29, 0.717) is 11.5 Å². The van der Waals surface area contributed by atoms with Gasteiger partial charge in [-0.3, -0.25) is 9.71 Å². The molecule has 2 aromatic carbocycles. The highest BCUT2D eigenvalue weighted by atomic mass is 32.2. The third-order valence-corrected chi connectivity index (χ3v) is 6.30. The van der Waals surface area contributed by atoms with Crippen molar-refractivity contribution in [1.82, 2.24) is 14.8 Å². The number of nitrogens with one attached hydrogen (secondary N) is 1. The van der Waals surface area contributed by atoms with Gasteiger partial charge in [-0.2, -0.15) is 5.10 Å². The van der Waals surface area contributed by atoms with Crippen molar-refractivity contribution >= 4 is 26.7 Å². The van der Waals surface area contributed by atoms with Gasteiger partial charge in [0.2, 0.25) is 0 Å². The van der Waals surface area contributed by atoms with Crippen LogP contribution >= 0.6 is 0 Å². The molecule has 2 heterocycles. The van der Waals surface area contributed by atoms with Gasteiger partial charge in [-0.25, -0.2) is 13.1 Å². The Morgan fingerprint density at radius 1 is 0.967 bits per heavy atom. The van der Waals surface area contributed by atoms with E-state index < -0.39 is 10.0 Å². The molecule has 0 aliphatic heterocycles. The standard InChI is InChI=1S/C23H24N4O2S/c1-16-14-22(26-30(28,29)20-10-7-18(8-11-20)23(2,3)4)27(25-16)19-9-12-21-17(15-19)6-5-13-24-21/h5-15,26H,1-4H3. The highest BCUT2D eigenvalue weighted by Gasteiger charge is 2.20. The molecular formula is C23H24N4O2S. The number of anilines is 1. The number of sulfonamides is 1. The first-order chi connectivity index (χ1) is 14.1. The molecule has 4 rings (SSSR count). The number of hydrogen-bond donors (Lipinski definition) is 1. The first kappa shape index (κ1) is 20.1. The van der Waals surface area contributed by atoms with E-state index in [1.54, 1.807) is 29.1 Å². The Morgan fingerprint density at radius 3 is 2.40 bits per heavy atom. The average molecular weight is 421 g/mol. The fraction of sp³-hybridized carbons (Fsp3) is 0.217. The number of pyridine rings is 1. The van der Waals surface area contributed by atoms with Crippen molar-refractivity contribution in [1.29, 1.82) is 0 Å². The van der Waals surface area contributed by atoms with Crippen LogP contribution in [0, 0.1) is 6.92 Å². The normalized spacial score (nSPS) is 12.3. The van der Waals surface area contributed by atoms with Crippen molar-refractivity contribution in [3.8, 4) is 5.69 Å². The SMILES string of the molecule is Cc1cc(NS(=O)(=O)c2ccc(C(C)(C)C)cc2)n(-c2ccc3ncccc3c2)n1. The second-order valence-corrected chi connectivity index (χ2v) is 10.0. The smallest absolute Gasteiger partial charge is 0.263 e. The lowest BCUT2D eigenvalue weighted by atomic mass is 9.87. The summed E-state index contributed by atoms with van der Waals surface area (Å²) < 4.78 is 30.3. The molecule has 4 aromatic rings. The van der Waals surface area contributed by atoms with Gasteiger partial charge >= 0.3 is 0 Å². The highest BCUT2D eigenvalue weighted by molar-refractivity contribution is 7.92. The van der Waals surface area contributed by atoms with Gasteiger partial charge < -0.3 is 0 Å². The summed E-state index contributed by atoms with van der Waals surface area (Å²) in [7, 11) is -3.76. The van der Waals surface area contributed by atoms with Crippen molar-refractivity contribution in [2.75, 3.05) is 4.72 Å². The topological polar surface area (TPSA) is 76.9 Å². The summed E-state index contributed by atoms with van der Waals surface area (Å²) >= 11 is 0. The molecule has 0 bridgehead atoms. The van der Waals surface area contributed by atoms with E-state index in [1.807, 2.05) is 49.4 Å². The van der Waals surface area contributed by atoms with E-state index in [-0.39, 0.29) is 10.3 Å². The van der Waals surface area contributed by atoms with E-state index >= 15 is 0 Å². The number of aryl methyl sites for hydroxylation is 1. The number of nitrogens with zero attached hydrogens (tertiary/aromatic N) is 3. The maximum Gasteiger partial charge on any atom is 0.263 e. The van der Waals surface area contributed by atoms with E-state index in [0.717, 1.165) is 22.2 Å². The van der Waals surface area contributed by atoms with Crippen LogP contribution in [-0.2, 0) is 15.4 Å². The van der Waals surface area contributed by atoms with Crippen LogP contribution in [0.3, 0.4) is 0 Å². The monoisotopic (exact) mass is 420 g/mol. The summed E-state index contributed by atoms with van der Waals surface area (Å²) in [6, 6.07) is 18.2. The maximum atomic E-state index is 13.0. The fourth-order valence-corrected chi connectivity index (χ4v) is 4.33. The number of rotatable bonds is 4. The number of fused-ring (bicyclic) bond motifs is 1. The first-order valence-electron chi connectivity index (χ1n) is 9.69. The van der Waals surface area contributed by atoms with Crippen LogP contribution in [-0.4, -0.2) is 23.2 Å². The van der Waals surface area contributed by atoms with E-state index in [9.17, 15) is 8.42 Å². The molecule has 2 aromatic heterocycles. The summed E-state index contributed by atoms with van der Waals surface area (Å²) in [5, 5.41) is 5.43. The zero-order chi connectivity index (χ0) is 21.5. The average Bonchev–Trinajstić information content (AvgIpc) is 3.06. The quantitative estimate of drug-likeness (QED) is 0.513. The molecule has 0 radical (unpaired) electrons. The van der Waals surface area contributed by atoms with Crippen molar-refractivity contribution in [3.05, 3.63) is 78.1 Å². The Balaban J connectivity index is 1.69. The van der Waals surface area contributed by atoms with Gasteiger partial charge in [-0.1, -0.05) is 39.0 Å². The maximum absolute atomic E-state index is 13.0. The van der Waals surface area contributed by atoms with Crippen LogP contribution in [0.1, 0.15) is 32.0 Å². The van der Waals surface area contributed by atoms with Gasteiger partial charge in [0, 0.05) is 17.6 Å². The van der Waals surface area contributed by atoms with Gasteiger partial charge in [-0.05, 0) is 54.3 Å². The van der Waals surface area contributed by atoms with Crippen LogP contribution < -0.4 is 4.72 Å². The predicted octanol–water partition coefficient (Wildman–Crippen LogP) is 4.83. The van der Waals surface area contributed by atoms with Crippen molar-refractivity contribution in [3.63, 3.8) is 0 Å². The Morgan fingerprint density at radius 2 is 1.70 bits per heavy atom. The summed E-state index contributed by atoms with van der Waals surface area (Å²) in [5.74, 6) is 0.385. The molecule has 1 N–H and O–H groups in total. The van der Waals surface area contributed by atoms with Crippen molar-refractivity contribution in [2.45, 2.75) is 38.0 Å². The third-order valence-electron chi connectivity index (χ3n) is 4.93. The van der Waals surface area contributed by atoms with Crippen molar-refractivity contribution < 1.29 is 8.42 Å². The highest BCUT2D eigenvalue weighted by Crippen LogP contribution is 2.26. The molecule has 0 fully saturated rings. The van der Waals surface area contributed by atoms with Crippen LogP contribution in [0.5, 0.6) is 0 Å². The summed E-state index contributed by atoms with van der Waals surface area (Å²) in [4.78, 5) is 4.54. The van der Waals surface area contributed by atoms with Gasteiger partial charge in [0.15, 0.2) is 0 Å². The summed E-state index contributed by atoms with van der Waals surface area (Å²) in [6.07, 6.45) is 1.74. The van der Waals surface area contributed by atoms with Crippen molar-refractivity contribution in [2.24, 2.45) is 0 Å². The summed E-state index contributed by atoms with van der Waals surface area (Å²) in [5.41, 5.74) is 3.36. The third kappa shape index (κ3) is 3.93. The zero-order valence-corrected chi connectivity index (χ0v) is 18.2.